The molecule has 2 aromatic carbocycles. The lowest BCUT2D eigenvalue weighted by Crippen LogP contribution is -2.24. The van der Waals surface area contributed by atoms with Crippen LogP contribution in [0, 0.1) is 0 Å². The largest absolute Gasteiger partial charge is 0.347 e. The molecule has 4 nitrogen and oxygen atoms in total. The van der Waals surface area contributed by atoms with Crippen molar-refractivity contribution in [3.8, 4) is 5.69 Å². The molecule has 2 aliphatic carbocycles. The van der Waals surface area contributed by atoms with Gasteiger partial charge >= 0.3 is 0 Å². The van der Waals surface area contributed by atoms with E-state index in [-0.39, 0.29) is 5.91 Å². The Morgan fingerprint density at radius 2 is 1.64 bits per heavy atom. The number of nitrogens with zero attached hydrogens (tertiary/aromatic N) is 2. The van der Waals surface area contributed by atoms with Gasteiger partial charge in [0.05, 0.1) is 11.4 Å². The van der Waals surface area contributed by atoms with Crippen LogP contribution in [0.5, 0.6) is 0 Å². The highest BCUT2D eigenvalue weighted by atomic mass is 35.5. The van der Waals surface area contributed by atoms with Gasteiger partial charge in [0.2, 0.25) is 0 Å². The van der Waals surface area contributed by atoms with E-state index in [4.69, 9.17) is 28.3 Å². The highest BCUT2D eigenvalue weighted by Gasteiger charge is 2.44. The van der Waals surface area contributed by atoms with Gasteiger partial charge in [-0.2, -0.15) is 5.10 Å². The van der Waals surface area contributed by atoms with Gasteiger partial charge in [-0.15, -0.1) is 0 Å². The second-order valence-electron chi connectivity index (χ2n) is 7.55. The Balaban J connectivity index is 1.47. The summed E-state index contributed by atoms with van der Waals surface area (Å²) in [7, 11) is 0. The van der Waals surface area contributed by atoms with E-state index in [1.165, 1.54) is 12.1 Å². The van der Waals surface area contributed by atoms with Gasteiger partial charge < -0.3 is 5.32 Å². The molecule has 2 aliphatic rings. The molecule has 0 saturated heterocycles. The van der Waals surface area contributed by atoms with Crippen molar-refractivity contribution in [3.63, 3.8) is 0 Å². The molecule has 2 bridgehead atoms. The molecule has 1 saturated carbocycles. The normalized spacial score (nSPS) is 19.6. The van der Waals surface area contributed by atoms with Crippen LogP contribution in [0.2, 0.25) is 10.0 Å². The Hall–Kier alpha value is -2.30. The van der Waals surface area contributed by atoms with Gasteiger partial charge in [0.15, 0.2) is 5.69 Å². The number of halogens is 2. The lowest BCUT2D eigenvalue weighted by molar-refractivity contribution is 0.0944. The summed E-state index contributed by atoms with van der Waals surface area (Å²) in [6.07, 6.45) is 3.43. The van der Waals surface area contributed by atoms with Gasteiger partial charge in [0.1, 0.15) is 0 Å². The van der Waals surface area contributed by atoms with Crippen molar-refractivity contribution in [2.45, 2.75) is 37.6 Å². The van der Waals surface area contributed by atoms with Crippen LogP contribution in [-0.4, -0.2) is 15.7 Å². The first-order valence-electron chi connectivity index (χ1n) is 9.51. The molecule has 1 N–H and O–H groups in total. The lowest BCUT2D eigenvalue weighted by Gasteiger charge is -2.14. The fraction of sp³-hybridized carbons (Fsp3) is 0.273. The highest BCUT2D eigenvalue weighted by molar-refractivity contribution is 6.30. The Morgan fingerprint density at radius 3 is 2.36 bits per heavy atom. The van der Waals surface area contributed by atoms with Crippen LogP contribution in [0.15, 0.2) is 48.5 Å². The number of fused-ring (bicyclic) bond motifs is 5. The van der Waals surface area contributed by atoms with E-state index in [9.17, 15) is 4.79 Å². The zero-order chi connectivity index (χ0) is 19.3. The first-order valence-corrected chi connectivity index (χ1v) is 10.3. The van der Waals surface area contributed by atoms with E-state index in [0.717, 1.165) is 29.7 Å². The van der Waals surface area contributed by atoms with Gasteiger partial charge in [0, 0.05) is 28.1 Å². The van der Waals surface area contributed by atoms with Crippen LogP contribution in [-0.2, 0) is 6.54 Å². The van der Waals surface area contributed by atoms with Crippen LogP contribution in [0.1, 0.15) is 58.4 Å². The first kappa shape index (κ1) is 17.8. The summed E-state index contributed by atoms with van der Waals surface area (Å²) in [4.78, 5) is 13.0. The number of hydrogen-bond donors (Lipinski definition) is 1. The van der Waals surface area contributed by atoms with Gasteiger partial charge in [-0.3, -0.25) is 4.79 Å². The molecule has 1 amide bonds. The minimum absolute atomic E-state index is 0.119. The maximum absolute atomic E-state index is 13.0. The predicted octanol–water partition coefficient (Wildman–Crippen LogP) is 5.47. The minimum Gasteiger partial charge on any atom is -0.347 e. The summed E-state index contributed by atoms with van der Waals surface area (Å²) in [6.45, 7) is 0.451. The van der Waals surface area contributed by atoms with Gasteiger partial charge in [0.25, 0.3) is 5.91 Å². The molecule has 1 fully saturated rings. The van der Waals surface area contributed by atoms with Crippen molar-refractivity contribution in [2.24, 2.45) is 0 Å². The molecule has 0 spiro atoms. The van der Waals surface area contributed by atoms with Crippen molar-refractivity contribution < 1.29 is 4.79 Å². The number of nitrogens with one attached hydrogen (secondary N) is 1. The zero-order valence-corrected chi connectivity index (χ0v) is 16.7. The number of carbonyl (C=O) groups is 1. The maximum Gasteiger partial charge on any atom is 0.272 e. The molecule has 1 heterocycles. The van der Waals surface area contributed by atoms with Crippen molar-refractivity contribution >= 4 is 29.1 Å². The molecule has 0 radical (unpaired) electrons. The van der Waals surface area contributed by atoms with E-state index in [1.54, 1.807) is 0 Å². The number of benzene rings is 2. The van der Waals surface area contributed by atoms with Crippen molar-refractivity contribution in [1.82, 2.24) is 15.1 Å². The second-order valence-corrected chi connectivity index (χ2v) is 8.42. The van der Waals surface area contributed by atoms with E-state index >= 15 is 0 Å². The summed E-state index contributed by atoms with van der Waals surface area (Å²) < 4.78 is 1.95. The van der Waals surface area contributed by atoms with E-state index in [1.807, 2.05) is 53.2 Å². The van der Waals surface area contributed by atoms with Crippen LogP contribution >= 0.6 is 23.2 Å². The summed E-state index contributed by atoms with van der Waals surface area (Å²) in [5.74, 6) is 0.810. The van der Waals surface area contributed by atoms with Crippen LogP contribution in [0.25, 0.3) is 5.69 Å². The SMILES string of the molecule is O=C(NCc1ccc(Cl)cc1)c1nn(-c2ccc(Cl)cc2)c2c1C1CCC2C1. The molecule has 2 unspecified atom stereocenters. The summed E-state index contributed by atoms with van der Waals surface area (Å²) in [6, 6.07) is 15.1. The Kier molecular flexibility index (Phi) is 4.41. The number of aromatic nitrogens is 2. The van der Waals surface area contributed by atoms with E-state index in [0.29, 0.717) is 34.1 Å². The molecule has 6 heteroatoms. The third kappa shape index (κ3) is 3.01. The van der Waals surface area contributed by atoms with Crippen molar-refractivity contribution in [1.29, 1.82) is 0 Å². The van der Waals surface area contributed by atoms with Gasteiger partial charge in [-0.25, -0.2) is 4.68 Å². The number of hydrogen-bond acceptors (Lipinski definition) is 2. The standard InChI is InChI=1S/C22H19Cl2N3O/c23-16-5-1-13(2-6-16)12-25-22(28)20-19-14-3-4-15(11-14)21(19)27(26-20)18-9-7-17(24)8-10-18/h1-2,5-10,14-15H,3-4,11-12H2,(H,25,28). The molecule has 0 aliphatic heterocycles. The fourth-order valence-electron chi connectivity index (χ4n) is 4.55. The zero-order valence-electron chi connectivity index (χ0n) is 15.2. The van der Waals surface area contributed by atoms with Crippen LogP contribution in [0.4, 0.5) is 0 Å². The number of rotatable bonds is 4. The highest BCUT2D eigenvalue weighted by Crippen LogP contribution is 2.54. The molecular weight excluding hydrogens is 393 g/mol. The van der Waals surface area contributed by atoms with E-state index < -0.39 is 0 Å². The molecule has 5 rings (SSSR count). The average molecular weight is 412 g/mol. The molecule has 142 valence electrons. The number of amides is 1. The topological polar surface area (TPSA) is 46.9 Å². The Labute approximate surface area is 173 Å². The average Bonchev–Trinajstić information content (AvgIpc) is 3.41. The number of carbonyl (C=O) groups excluding carboxylic acids is 1. The monoisotopic (exact) mass is 411 g/mol. The molecule has 2 atom stereocenters. The lowest BCUT2D eigenvalue weighted by atomic mass is 9.95. The van der Waals surface area contributed by atoms with Gasteiger partial charge in [-0.05, 0) is 67.1 Å². The first-order chi connectivity index (χ1) is 13.6. The van der Waals surface area contributed by atoms with Crippen LogP contribution < -0.4 is 5.32 Å². The smallest absolute Gasteiger partial charge is 0.272 e. The van der Waals surface area contributed by atoms with Crippen molar-refractivity contribution in [2.75, 3.05) is 0 Å². The molecular formula is C22H19Cl2N3O. The second kappa shape index (κ2) is 6.94. The predicted molar refractivity (Wildman–Crippen MR) is 111 cm³/mol. The third-order valence-corrected chi connectivity index (χ3v) is 6.34. The maximum atomic E-state index is 13.0. The molecule has 1 aromatic heterocycles. The van der Waals surface area contributed by atoms with E-state index in [2.05, 4.69) is 5.32 Å². The van der Waals surface area contributed by atoms with Crippen molar-refractivity contribution in [3.05, 3.63) is 81.1 Å². The Morgan fingerprint density at radius 1 is 1.00 bits per heavy atom. The minimum atomic E-state index is -0.119. The summed E-state index contributed by atoms with van der Waals surface area (Å²) in [5, 5.41) is 9.13. The Bertz CT molecular complexity index is 1040. The quantitative estimate of drug-likeness (QED) is 0.618. The molecule has 3 aromatic rings. The van der Waals surface area contributed by atoms with Crippen LogP contribution in [0.3, 0.4) is 0 Å². The third-order valence-electron chi connectivity index (χ3n) is 5.84. The fourth-order valence-corrected chi connectivity index (χ4v) is 4.80. The van der Waals surface area contributed by atoms with Gasteiger partial charge in [-0.1, -0.05) is 35.3 Å². The summed E-state index contributed by atoms with van der Waals surface area (Å²) in [5.41, 5.74) is 4.86. The molecule has 28 heavy (non-hydrogen) atoms. The summed E-state index contributed by atoms with van der Waals surface area (Å²) >= 11 is 12.0.